The maximum Gasteiger partial charge on any atom is 0.296 e. The lowest BCUT2D eigenvalue weighted by molar-refractivity contribution is -0.140. The van der Waals surface area contributed by atoms with Crippen LogP contribution in [0, 0.1) is 6.92 Å². The number of benzene rings is 1. The predicted molar refractivity (Wildman–Crippen MR) is 133 cm³/mol. The smallest absolute Gasteiger partial charge is 0.296 e. The molecule has 1 aliphatic rings. The zero-order valence-electron chi connectivity index (χ0n) is 19.1. The molecule has 0 bridgehead atoms. The van der Waals surface area contributed by atoms with Crippen molar-refractivity contribution in [3.05, 3.63) is 79.2 Å². The first-order chi connectivity index (χ1) is 15.8. The highest BCUT2D eigenvalue weighted by molar-refractivity contribution is 7.10. The first kappa shape index (κ1) is 23.3. The normalized spacial score (nSPS) is 17.8. The summed E-state index contributed by atoms with van der Waals surface area (Å²) in [6.07, 6.45) is 0. The molecule has 5 nitrogen and oxygen atoms in total. The number of Topliss-reactive ketones (excluding diaryl/α,β-unsaturated/α-hetero) is 1. The fourth-order valence-corrected chi connectivity index (χ4v) is 5.89. The van der Waals surface area contributed by atoms with Crippen molar-refractivity contribution in [2.75, 3.05) is 6.61 Å². The molecule has 1 atom stereocenters. The average molecular weight is 482 g/mol. The molecule has 0 aliphatic carbocycles. The third-order valence-electron chi connectivity index (χ3n) is 5.80. The maximum absolute atomic E-state index is 13.2. The third kappa shape index (κ3) is 4.35. The Hall–Kier alpha value is -2.90. The number of rotatable bonds is 7. The number of aliphatic hydroxyl groups is 1. The summed E-state index contributed by atoms with van der Waals surface area (Å²) in [6, 6.07) is 10.6. The molecular formula is C26H27NO4S2. The summed E-state index contributed by atoms with van der Waals surface area (Å²) in [5.74, 6) is -0.465. The average Bonchev–Trinajstić information content (AvgIpc) is 3.51. The molecule has 4 rings (SSSR count). The Morgan fingerprint density at radius 3 is 2.55 bits per heavy atom. The van der Waals surface area contributed by atoms with Crippen LogP contribution in [0.5, 0.6) is 5.75 Å². The molecule has 172 valence electrons. The van der Waals surface area contributed by atoms with Gasteiger partial charge in [-0.05, 0) is 72.0 Å². The number of hydrogen-bond acceptors (Lipinski definition) is 6. The Bertz CT molecular complexity index is 1210. The lowest BCUT2D eigenvalue weighted by Crippen LogP contribution is -2.28. The molecule has 1 N–H and O–H groups in total. The van der Waals surface area contributed by atoms with Crippen molar-refractivity contribution in [1.29, 1.82) is 0 Å². The molecule has 0 spiro atoms. The quantitative estimate of drug-likeness (QED) is 0.246. The van der Waals surface area contributed by atoms with Gasteiger partial charge in [0.05, 0.1) is 18.7 Å². The van der Waals surface area contributed by atoms with Crippen molar-refractivity contribution in [1.82, 2.24) is 4.90 Å². The van der Waals surface area contributed by atoms with Crippen molar-refractivity contribution in [3.63, 3.8) is 0 Å². The minimum atomic E-state index is -0.651. The number of ether oxygens (including phenoxy) is 1. The molecule has 0 saturated carbocycles. The molecule has 1 aromatic carbocycles. The maximum atomic E-state index is 13.2. The van der Waals surface area contributed by atoms with Crippen molar-refractivity contribution in [2.24, 2.45) is 0 Å². The van der Waals surface area contributed by atoms with Gasteiger partial charge in [-0.25, -0.2) is 0 Å². The summed E-state index contributed by atoms with van der Waals surface area (Å²) >= 11 is 3.03. The van der Waals surface area contributed by atoms with E-state index in [0.29, 0.717) is 18.7 Å². The SMILES string of the molecule is CCOc1ccc(/C(O)=C2/C(=O)C(=O)N(Cc3cccs3)C2c2sccc2C)cc1C(C)C. The largest absolute Gasteiger partial charge is 0.507 e. The van der Waals surface area contributed by atoms with Crippen LogP contribution in [0.25, 0.3) is 5.76 Å². The summed E-state index contributed by atoms with van der Waals surface area (Å²) in [7, 11) is 0. The number of carbonyl (C=O) groups excluding carboxylic acids is 2. The third-order valence-corrected chi connectivity index (χ3v) is 7.73. The van der Waals surface area contributed by atoms with Crippen LogP contribution < -0.4 is 4.74 Å². The minimum Gasteiger partial charge on any atom is -0.507 e. The van der Waals surface area contributed by atoms with Gasteiger partial charge in [0.15, 0.2) is 0 Å². The molecule has 2 aromatic heterocycles. The van der Waals surface area contributed by atoms with Crippen molar-refractivity contribution >= 4 is 40.1 Å². The molecule has 3 aromatic rings. The van der Waals surface area contributed by atoms with Crippen LogP contribution >= 0.6 is 22.7 Å². The summed E-state index contributed by atoms with van der Waals surface area (Å²) in [5.41, 5.74) is 2.58. The Morgan fingerprint density at radius 2 is 1.94 bits per heavy atom. The Labute approximate surface area is 202 Å². The van der Waals surface area contributed by atoms with Crippen molar-refractivity contribution < 1.29 is 19.4 Å². The number of aryl methyl sites for hydroxylation is 1. The molecule has 1 unspecified atom stereocenters. The first-order valence-corrected chi connectivity index (χ1v) is 12.7. The molecule has 0 radical (unpaired) electrons. The zero-order chi connectivity index (χ0) is 23.7. The summed E-state index contributed by atoms with van der Waals surface area (Å²) in [6.45, 7) is 8.85. The standard InChI is InChI=1S/C26H27NO4S2/c1-5-31-20-9-8-17(13-19(20)15(2)3)23(28)21-22(25-16(4)10-12-33-25)27(26(30)24(21)29)14-18-7-6-11-32-18/h6-13,15,22,28H,5,14H2,1-4H3/b23-21-. The second kappa shape index (κ2) is 9.53. The number of ketones is 1. The van der Waals surface area contributed by atoms with Gasteiger partial charge in [0.2, 0.25) is 0 Å². The number of thiophene rings is 2. The minimum absolute atomic E-state index is 0.140. The molecule has 1 amide bonds. The van der Waals surface area contributed by atoms with Gasteiger partial charge in [-0.1, -0.05) is 19.9 Å². The van der Waals surface area contributed by atoms with Gasteiger partial charge in [-0.2, -0.15) is 0 Å². The lowest BCUT2D eigenvalue weighted by atomic mass is 9.94. The Morgan fingerprint density at radius 1 is 1.15 bits per heavy atom. The van der Waals surface area contributed by atoms with E-state index < -0.39 is 17.7 Å². The number of likely N-dealkylation sites (tertiary alicyclic amines) is 1. The van der Waals surface area contributed by atoms with E-state index in [1.807, 2.05) is 54.9 Å². The number of aliphatic hydroxyl groups excluding tert-OH is 1. The second-order valence-corrected chi connectivity index (χ2v) is 10.3. The van der Waals surface area contributed by atoms with Crippen LogP contribution in [0.1, 0.15) is 59.2 Å². The van der Waals surface area contributed by atoms with Gasteiger partial charge < -0.3 is 14.7 Å². The van der Waals surface area contributed by atoms with Crippen molar-refractivity contribution in [2.45, 2.75) is 46.2 Å². The van der Waals surface area contributed by atoms with Gasteiger partial charge in [0.25, 0.3) is 11.7 Å². The zero-order valence-corrected chi connectivity index (χ0v) is 20.8. The molecule has 3 heterocycles. The van der Waals surface area contributed by atoms with Gasteiger partial charge in [0, 0.05) is 15.3 Å². The molecule has 1 saturated heterocycles. The van der Waals surface area contributed by atoms with Gasteiger partial charge in [-0.3, -0.25) is 9.59 Å². The van der Waals surface area contributed by atoms with Crippen molar-refractivity contribution in [3.8, 4) is 5.75 Å². The predicted octanol–water partition coefficient (Wildman–Crippen LogP) is 6.26. The van der Waals surface area contributed by atoms with Gasteiger partial charge in [0.1, 0.15) is 17.6 Å². The van der Waals surface area contributed by atoms with E-state index in [-0.39, 0.29) is 17.3 Å². The van der Waals surface area contributed by atoms with E-state index in [1.165, 1.54) is 22.7 Å². The van der Waals surface area contributed by atoms with Gasteiger partial charge in [-0.15, -0.1) is 22.7 Å². The van der Waals surface area contributed by atoms with Crippen LogP contribution in [0.3, 0.4) is 0 Å². The van der Waals surface area contributed by atoms with E-state index in [2.05, 4.69) is 13.8 Å². The van der Waals surface area contributed by atoms with E-state index in [4.69, 9.17) is 4.74 Å². The number of amides is 1. The van der Waals surface area contributed by atoms with Crippen LogP contribution in [0.15, 0.2) is 52.7 Å². The fourth-order valence-electron chi connectivity index (χ4n) is 4.14. The molecular weight excluding hydrogens is 454 g/mol. The summed E-state index contributed by atoms with van der Waals surface area (Å²) < 4.78 is 5.74. The number of nitrogens with zero attached hydrogens (tertiary/aromatic N) is 1. The van der Waals surface area contributed by atoms with Crippen LogP contribution in [-0.2, 0) is 16.1 Å². The highest BCUT2D eigenvalue weighted by Crippen LogP contribution is 2.44. The second-order valence-electron chi connectivity index (χ2n) is 8.31. The number of hydrogen-bond donors (Lipinski definition) is 1. The van der Waals surface area contributed by atoms with E-state index >= 15 is 0 Å². The number of carbonyl (C=O) groups is 2. The molecule has 7 heteroatoms. The lowest BCUT2D eigenvalue weighted by Gasteiger charge is -2.24. The summed E-state index contributed by atoms with van der Waals surface area (Å²) in [4.78, 5) is 29.8. The monoisotopic (exact) mass is 481 g/mol. The van der Waals surface area contributed by atoms with E-state index in [9.17, 15) is 14.7 Å². The Kier molecular flexibility index (Phi) is 6.72. The summed E-state index contributed by atoms with van der Waals surface area (Å²) in [5, 5.41) is 15.3. The van der Waals surface area contributed by atoms with E-state index in [0.717, 1.165) is 26.6 Å². The van der Waals surface area contributed by atoms with Crippen LogP contribution in [0.4, 0.5) is 0 Å². The highest BCUT2D eigenvalue weighted by Gasteiger charge is 2.47. The highest BCUT2D eigenvalue weighted by atomic mass is 32.1. The Balaban J connectivity index is 1.86. The fraction of sp³-hybridized carbons (Fsp3) is 0.308. The molecule has 1 fully saturated rings. The topological polar surface area (TPSA) is 66.8 Å². The molecule has 1 aliphatic heterocycles. The van der Waals surface area contributed by atoms with Crippen LogP contribution in [0.2, 0.25) is 0 Å². The van der Waals surface area contributed by atoms with E-state index in [1.54, 1.807) is 11.0 Å². The molecule has 33 heavy (non-hydrogen) atoms. The van der Waals surface area contributed by atoms with Crippen LogP contribution in [-0.4, -0.2) is 28.3 Å². The first-order valence-electron chi connectivity index (χ1n) is 10.9. The van der Waals surface area contributed by atoms with Gasteiger partial charge >= 0.3 is 0 Å².